The zero-order valence-electron chi connectivity index (χ0n) is 12.5. The molecule has 0 radical (unpaired) electrons. The first-order chi connectivity index (χ1) is 10.1. The number of hydrogen-bond acceptors (Lipinski definition) is 4. The highest BCUT2D eigenvalue weighted by Gasteiger charge is 2.12. The summed E-state index contributed by atoms with van der Waals surface area (Å²) in [6.45, 7) is 6.56. The highest BCUT2D eigenvalue weighted by molar-refractivity contribution is 7.99. The molecule has 1 aromatic heterocycles. The lowest BCUT2D eigenvalue weighted by molar-refractivity contribution is 0.344. The van der Waals surface area contributed by atoms with Gasteiger partial charge in [0.05, 0.1) is 12.2 Å². The van der Waals surface area contributed by atoms with Gasteiger partial charge >= 0.3 is 0 Å². The van der Waals surface area contributed by atoms with Crippen LogP contribution < -0.4 is 4.74 Å². The molecule has 4 heteroatoms. The fourth-order valence-electron chi connectivity index (χ4n) is 1.96. The standard InChI is InChI=1S/C17H18N2OS/c1-12-13(2)16(11-18)17(19-14(12)3)21-10-9-20-15-7-5-4-6-8-15/h4-8H,9-10H2,1-3H3. The van der Waals surface area contributed by atoms with Crippen LogP contribution in [0, 0.1) is 32.1 Å². The van der Waals surface area contributed by atoms with E-state index in [1.54, 1.807) is 11.8 Å². The Kier molecular flexibility index (Phi) is 5.24. The SMILES string of the molecule is Cc1nc(SCCOc2ccccc2)c(C#N)c(C)c1C. The molecule has 0 spiro atoms. The van der Waals surface area contributed by atoms with Crippen LogP contribution in [0.4, 0.5) is 0 Å². The summed E-state index contributed by atoms with van der Waals surface area (Å²) in [5, 5.41) is 10.1. The third-order valence-electron chi connectivity index (χ3n) is 3.41. The van der Waals surface area contributed by atoms with E-state index in [0.717, 1.165) is 33.3 Å². The number of hydrogen-bond donors (Lipinski definition) is 0. The molecule has 0 aliphatic carbocycles. The summed E-state index contributed by atoms with van der Waals surface area (Å²) in [6.07, 6.45) is 0. The number of aromatic nitrogens is 1. The Morgan fingerprint density at radius 3 is 2.52 bits per heavy atom. The maximum atomic E-state index is 9.31. The minimum absolute atomic E-state index is 0.590. The van der Waals surface area contributed by atoms with E-state index < -0.39 is 0 Å². The second-order valence-corrected chi connectivity index (χ2v) is 5.83. The normalized spacial score (nSPS) is 10.2. The lowest BCUT2D eigenvalue weighted by atomic mass is 10.1. The first-order valence-electron chi connectivity index (χ1n) is 6.82. The van der Waals surface area contributed by atoms with E-state index in [9.17, 15) is 5.26 Å². The van der Waals surface area contributed by atoms with Crippen LogP contribution in [0.3, 0.4) is 0 Å². The molecule has 0 saturated carbocycles. The van der Waals surface area contributed by atoms with Gasteiger partial charge in [0, 0.05) is 11.4 Å². The van der Waals surface area contributed by atoms with Crippen molar-refractivity contribution in [3.63, 3.8) is 0 Å². The minimum atomic E-state index is 0.590. The summed E-state index contributed by atoms with van der Waals surface area (Å²) in [6, 6.07) is 12.0. The maximum absolute atomic E-state index is 9.31. The maximum Gasteiger partial charge on any atom is 0.119 e. The van der Waals surface area contributed by atoms with E-state index in [1.165, 1.54) is 0 Å². The van der Waals surface area contributed by atoms with Crippen LogP contribution in [0.1, 0.15) is 22.4 Å². The molecule has 0 N–H and O–H groups in total. The van der Waals surface area contributed by atoms with Gasteiger partial charge in [0.15, 0.2) is 0 Å². The monoisotopic (exact) mass is 298 g/mol. The topological polar surface area (TPSA) is 45.9 Å². The second-order valence-electron chi connectivity index (χ2n) is 4.75. The van der Waals surface area contributed by atoms with E-state index in [2.05, 4.69) is 11.1 Å². The molecule has 2 rings (SSSR count). The zero-order chi connectivity index (χ0) is 15.2. The Hall–Kier alpha value is -1.99. The number of rotatable bonds is 5. The van der Waals surface area contributed by atoms with Gasteiger partial charge in [0.2, 0.25) is 0 Å². The van der Waals surface area contributed by atoms with E-state index in [1.807, 2.05) is 51.1 Å². The Balaban J connectivity index is 1.99. The molecule has 1 heterocycles. The first-order valence-corrected chi connectivity index (χ1v) is 7.80. The fourth-order valence-corrected chi connectivity index (χ4v) is 2.87. The van der Waals surface area contributed by atoms with Crippen molar-refractivity contribution in [3.8, 4) is 11.8 Å². The molecule has 1 aromatic carbocycles. The molecule has 0 aliphatic rings. The van der Waals surface area contributed by atoms with Crippen LogP contribution >= 0.6 is 11.8 Å². The van der Waals surface area contributed by atoms with E-state index in [0.29, 0.717) is 12.2 Å². The molecule has 0 bridgehead atoms. The predicted molar refractivity (Wildman–Crippen MR) is 85.8 cm³/mol. The van der Waals surface area contributed by atoms with Crippen LogP contribution in [-0.2, 0) is 0 Å². The smallest absolute Gasteiger partial charge is 0.119 e. The molecule has 0 atom stereocenters. The molecule has 0 unspecified atom stereocenters. The third kappa shape index (κ3) is 3.77. The molecule has 3 nitrogen and oxygen atoms in total. The van der Waals surface area contributed by atoms with Crippen molar-refractivity contribution in [2.24, 2.45) is 0 Å². The average molecular weight is 298 g/mol. The number of nitriles is 1. The summed E-state index contributed by atoms with van der Waals surface area (Å²) < 4.78 is 5.65. The van der Waals surface area contributed by atoms with Gasteiger partial charge in [-0.15, -0.1) is 11.8 Å². The van der Waals surface area contributed by atoms with Crippen molar-refractivity contribution < 1.29 is 4.74 Å². The van der Waals surface area contributed by atoms with Crippen molar-refractivity contribution in [3.05, 3.63) is 52.7 Å². The molecule has 0 fully saturated rings. The summed E-state index contributed by atoms with van der Waals surface area (Å²) in [7, 11) is 0. The van der Waals surface area contributed by atoms with Gasteiger partial charge in [-0.3, -0.25) is 0 Å². The second kappa shape index (κ2) is 7.14. The highest BCUT2D eigenvalue weighted by atomic mass is 32.2. The van der Waals surface area contributed by atoms with Gasteiger partial charge in [0.25, 0.3) is 0 Å². The molecule has 2 aromatic rings. The quantitative estimate of drug-likeness (QED) is 0.617. The Morgan fingerprint density at radius 1 is 1.14 bits per heavy atom. The summed E-state index contributed by atoms with van der Waals surface area (Å²) in [5.41, 5.74) is 3.79. The average Bonchev–Trinajstić information content (AvgIpc) is 2.50. The third-order valence-corrected chi connectivity index (χ3v) is 4.35. The van der Waals surface area contributed by atoms with E-state index in [4.69, 9.17) is 4.74 Å². The Bertz CT molecular complexity index is 663. The summed E-state index contributed by atoms with van der Waals surface area (Å²) in [5.74, 6) is 1.63. The number of aryl methyl sites for hydroxylation is 1. The Morgan fingerprint density at radius 2 is 1.86 bits per heavy atom. The van der Waals surface area contributed by atoms with Crippen molar-refractivity contribution in [1.82, 2.24) is 4.98 Å². The van der Waals surface area contributed by atoms with Gasteiger partial charge in [-0.2, -0.15) is 5.26 Å². The van der Waals surface area contributed by atoms with Crippen LogP contribution in [-0.4, -0.2) is 17.3 Å². The van der Waals surface area contributed by atoms with Gasteiger partial charge in [-0.1, -0.05) is 18.2 Å². The number of pyridine rings is 1. The zero-order valence-corrected chi connectivity index (χ0v) is 13.3. The Labute approximate surface area is 130 Å². The van der Waals surface area contributed by atoms with Crippen molar-refractivity contribution in [1.29, 1.82) is 5.26 Å². The summed E-state index contributed by atoms with van der Waals surface area (Å²) in [4.78, 5) is 4.53. The lowest BCUT2D eigenvalue weighted by Crippen LogP contribution is -2.03. The number of thioether (sulfide) groups is 1. The molecular weight excluding hydrogens is 280 g/mol. The molecule has 21 heavy (non-hydrogen) atoms. The van der Waals surface area contributed by atoms with Crippen LogP contribution in [0.2, 0.25) is 0 Å². The number of benzene rings is 1. The van der Waals surface area contributed by atoms with Crippen LogP contribution in [0.5, 0.6) is 5.75 Å². The highest BCUT2D eigenvalue weighted by Crippen LogP contribution is 2.26. The predicted octanol–water partition coefficient (Wildman–Crippen LogP) is 4.05. The fraction of sp³-hybridized carbons (Fsp3) is 0.294. The van der Waals surface area contributed by atoms with Crippen molar-refractivity contribution >= 4 is 11.8 Å². The number of ether oxygens (including phenoxy) is 1. The van der Waals surface area contributed by atoms with Crippen LogP contribution in [0.25, 0.3) is 0 Å². The first kappa shape index (κ1) is 15.4. The number of para-hydroxylation sites is 1. The molecule has 108 valence electrons. The van der Waals surface area contributed by atoms with Gasteiger partial charge in [-0.05, 0) is 44.0 Å². The largest absolute Gasteiger partial charge is 0.493 e. The summed E-state index contributed by atoms with van der Waals surface area (Å²) >= 11 is 1.57. The molecule has 0 saturated heterocycles. The van der Waals surface area contributed by atoms with Crippen molar-refractivity contribution in [2.75, 3.05) is 12.4 Å². The van der Waals surface area contributed by atoms with Crippen molar-refractivity contribution in [2.45, 2.75) is 25.8 Å². The van der Waals surface area contributed by atoms with E-state index in [-0.39, 0.29) is 0 Å². The van der Waals surface area contributed by atoms with Gasteiger partial charge in [0.1, 0.15) is 16.8 Å². The van der Waals surface area contributed by atoms with E-state index >= 15 is 0 Å². The molecular formula is C17H18N2OS. The number of nitrogens with zero attached hydrogens (tertiary/aromatic N) is 2. The minimum Gasteiger partial charge on any atom is -0.493 e. The lowest BCUT2D eigenvalue weighted by Gasteiger charge is -2.11. The van der Waals surface area contributed by atoms with Gasteiger partial charge < -0.3 is 4.74 Å². The van der Waals surface area contributed by atoms with Gasteiger partial charge in [-0.25, -0.2) is 4.98 Å². The molecule has 0 amide bonds. The van der Waals surface area contributed by atoms with Crippen LogP contribution in [0.15, 0.2) is 35.4 Å². The molecule has 0 aliphatic heterocycles.